The number of hydrogen-bond acceptors (Lipinski definition) is 6. The van der Waals surface area contributed by atoms with E-state index in [2.05, 4.69) is 15.6 Å². The zero-order valence-corrected chi connectivity index (χ0v) is 16.6. The molecule has 0 aromatic carbocycles. The molecule has 0 bridgehead atoms. The van der Waals surface area contributed by atoms with Gasteiger partial charge in [0.25, 0.3) is 11.1 Å². The van der Waals surface area contributed by atoms with E-state index in [9.17, 15) is 9.90 Å². The predicted octanol–water partition coefficient (Wildman–Crippen LogP) is 2.58. The summed E-state index contributed by atoms with van der Waals surface area (Å²) in [5, 5.41) is 16.4. The Hall–Kier alpha value is -1.18. The molecule has 2 aliphatic carbocycles. The molecule has 2 aliphatic rings. The number of amides is 1. The Morgan fingerprint density at radius 2 is 2.38 bits per heavy atom. The summed E-state index contributed by atoms with van der Waals surface area (Å²) in [6.07, 6.45) is 8.85. The Kier molecular flexibility index (Phi) is 6.53. The number of aliphatic hydroxyl groups excluding tert-OH is 1. The highest BCUT2D eigenvalue weighted by Gasteiger charge is 2.55. The molecular formula is C19H31N3O3S. The molecule has 1 heterocycles. The summed E-state index contributed by atoms with van der Waals surface area (Å²) in [5.41, 5.74) is 0.640. The zero-order chi connectivity index (χ0) is 18.6. The van der Waals surface area contributed by atoms with Crippen LogP contribution < -0.4 is 15.4 Å². The summed E-state index contributed by atoms with van der Waals surface area (Å²) in [7, 11) is 0. The second-order valence-electron chi connectivity index (χ2n) is 8.03. The number of fused-ring (bicyclic) bond motifs is 1. The number of hydrogen-bond donors (Lipinski definition) is 3. The Labute approximate surface area is 159 Å². The number of ether oxygens (including phenoxy) is 1. The molecular weight excluding hydrogens is 350 g/mol. The van der Waals surface area contributed by atoms with Crippen molar-refractivity contribution in [2.24, 2.45) is 11.3 Å². The van der Waals surface area contributed by atoms with Crippen LogP contribution in [-0.4, -0.2) is 47.8 Å². The van der Waals surface area contributed by atoms with Crippen molar-refractivity contribution in [2.75, 3.05) is 19.7 Å². The van der Waals surface area contributed by atoms with Crippen molar-refractivity contribution >= 4 is 17.2 Å². The fourth-order valence-corrected chi connectivity index (χ4v) is 4.73. The second-order valence-corrected chi connectivity index (χ2v) is 9.03. The minimum Gasteiger partial charge on any atom is -0.467 e. The number of carbonyl (C=O) groups is 1. The summed E-state index contributed by atoms with van der Waals surface area (Å²) in [5.74, 6) is 0.890. The lowest BCUT2D eigenvalue weighted by Crippen LogP contribution is -2.35. The normalized spacial score (nSPS) is 25.2. The van der Waals surface area contributed by atoms with E-state index in [0.717, 1.165) is 18.9 Å². The lowest BCUT2D eigenvalue weighted by molar-refractivity contribution is 0.0956. The fraction of sp³-hybridized carbons (Fsp3) is 0.789. The topological polar surface area (TPSA) is 83.5 Å². The summed E-state index contributed by atoms with van der Waals surface area (Å²) in [4.78, 5) is 16.9. The first-order valence-corrected chi connectivity index (χ1v) is 10.6. The Morgan fingerprint density at radius 3 is 3.08 bits per heavy atom. The molecule has 0 spiro atoms. The third kappa shape index (κ3) is 5.18. The number of aromatic nitrogens is 1. The molecule has 0 aliphatic heterocycles. The summed E-state index contributed by atoms with van der Waals surface area (Å²) in [6.45, 7) is 5.41. The van der Waals surface area contributed by atoms with E-state index in [-0.39, 0.29) is 12.5 Å². The predicted molar refractivity (Wildman–Crippen MR) is 103 cm³/mol. The summed E-state index contributed by atoms with van der Waals surface area (Å²) in [6, 6.07) is 0.318. The average Bonchev–Trinajstić information content (AvgIpc) is 2.98. The number of nitrogens with one attached hydrogen (secondary N) is 2. The van der Waals surface area contributed by atoms with Crippen molar-refractivity contribution in [3.63, 3.8) is 0 Å². The van der Waals surface area contributed by atoms with E-state index >= 15 is 0 Å². The van der Waals surface area contributed by atoms with Gasteiger partial charge in [-0.3, -0.25) is 4.79 Å². The maximum Gasteiger partial charge on any atom is 0.273 e. The van der Waals surface area contributed by atoms with Gasteiger partial charge >= 0.3 is 0 Å². The third-order valence-electron chi connectivity index (χ3n) is 5.59. The van der Waals surface area contributed by atoms with Gasteiger partial charge in [-0.25, -0.2) is 4.98 Å². The van der Waals surface area contributed by atoms with Crippen LogP contribution in [0.2, 0.25) is 0 Å². The van der Waals surface area contributed by atoms with Gasteiger partial charge in [-0.15, -0.1) is 0 Å². The first-order chi connectivity index (χ1) is 12.5. The van der Waals surface area contributed by atoms with Crippen molar-refractivity contribution < 1.29 is 14.6 Å². The molecule has 7 heteroatoms. The van der Waals surface area contributed by atoms with Crippen molar-refractivity contribution in [3.05, 3.63) is 11.1 Å². The molecule has 26 heavy (non-hydrogen) atoms. The van der Waals surface area contributed by atoms with E-state index in [1.165, 1.54) is 43.4 Å². The summed E-state index contributed by atoms with van der Waals surface area (Å²) >= 11 is 1.22. The first-order valence-electron chi connectivity index (χ1n) is 9.77. The molecule has 2 fully saturated rings. The maximum atomic E-state index is 12.2. The number of nitrogens with zero attached hydrogens (tertiary/aromatic N) is 1. The van der Waals surface area contributed by atoms with Gasteiger partial charge in [-0.1, -0.05) is 31.6 Å². The number of aliphatic hydroxyl groups is 1. The number of carbonyl (C=O) groups excluding carboxylic acids is 1. The molecule has 3 unspecified atom stereocenters. The van der Waals surface area contributed by atoms with Gasteiger partial charge in [0, 0.05) is 19.1 Å². The molecule has 3 rings (SSSR count). The van der Waals surface area contributed by atoms with Crippen LogP contribution >= 0.6 is 11.3 Å². The maximum absolute atomic E-state index is 12.2. The van der Waals surface area contributed by atoms with E-state index in [1.807, 2.05) is 13.8 Å². The highest BCUT2D eigenvalue weighted by Crippen LogP contribution is 2.65. The van der Waals surface area contributed by atoms with E-state index in [4.69, 9.17) is 4.74 Å². The SMILES string of the molecule is CC(C)NCC(O)COc1ncc(C(=O)NCCCC23CCCC2C3)s1. The van der Waals surface area contributed by atoms with Crippen molar-refractivity contribution in [2.45, 2.75) is 64.5 Å². The van der Waals surface area contributed by atoms with Crippen LogP contribution in [-0.2, 0) is 0 Å². The van der Waals surface area contributed by atoms with Gasteiger partial charge in [-0.2, -0.15) is 0 Å². The average molecular weight is 382 g/mol. The van der Waals surface area contributed by atoms with Gasteiger partial charge in [-0.05, 0) is 43.4 Å². The molecule has 1 amide bonds. The molecule has 1 aromatic heterocycles. The smallest absolute Gasteiger partial charge is 0.273 e. The Morgan fingerprint density at radius 1 is 1.54 bits per heavy atom. The van der Waals surface area contributed by atoms with E-state index < -0.39 is 6.10 Å². The minimum atomic E-state index is -0.597. The van der Waals surface area contributed by atoms with Gasteiger partial charge in [0.2, 0.25) is 0 Å². The van der Waals surface area contributed by atoms with Crippen LogP contribution in [0.15, 0.2) is 6.20 Å². The van der Waals surface area contributed by atoms with Gasteiger partial charge < -0.3 is 20.5 Å². The van der Waals surface area contributed by atoms with Crippen LogP contribution in [0.3, 0.4) is 0 Å². The molecule has 6 nitrogen and oxygen atoms in total. The molecule has 146 valence electrons. The van der Waals surface area contributed by atoms with Crippen LogP contribution in [0.1, 0.15) is 62.0 Å². The molecule has 0 saturated heterocycles. The Balaban J connectivity index is 1.32. The monoisotopic (exact) mass is 381 g/mol. The van der Waals surface area contributed by atoms with E-state index in [1.54, 1.807) is 6.20 Å². The van der Waals surface area contributed by atoms with Crippen LogP contribution in [0.4, 0.5) is 0 Å². The van der Waals surface area contributed by atoms with Gasteiger partial charge in [0.05, 0.1) is 6.20 Å². The molecule has 2 saturated carbocycles. The number of rotatable bonds is 11. The van der Waals surface area contributed by atoms with Crippen molar-refractivity contribution in [1.29, 1.82) is 0 Å². The largest absolute Gasteiger partial charge is 0.467 e. The lowest BCUT2D eigenvalue weighted by atomic mass is 9.97. The highest BCUT2D eigenvalue weighted by molar-refractivity contribution is 7.15. The minimum absolute atomic E-state index is 0.0874. The lowest BCUT2D eigenvalue weighted by Gasteiger charge is -2.13. The molecule has 3 N–H and O–H groups in total. The molecule has 0 radical (unpaired) electrons. The molecule has 1 aromatic rings. The van der Waals surface area contributed by atoms with E-state index in [0.29, 0.717) is 28.1 Å². The van der Waals surface area contributed by atoms with Crippen LogP contribution in [0.25, 0.3) is 0 Å². The van der Waals surface area contributed by atoms with Crippen molar-refractivity contribution in [3.8, 4) is 5.19 Å². The second kappa shape index (κ2) is 8.67. The Bertz CT molecular complexity index is 607. The van der Waals surface area contributed by atoms with Crippen LogP contribution in [0.5, 0.6) is 5.19 Å². The standard InChI is InChI=1S/C19H31N3O3S/c1-13(2)21-10-15(23)12-25-18-22-11-16(26-18)17(24)20-8-4-7-19-6-3-5-14(19)9-19/h11,13-15,21,23H,3-10,12H2,1-2H3,(H,20,24). The number of thiazole rings is 1. The zero-order valence-electron chi connectivity index (χ0n) is 15.8. The fourth-order valence-electron chi connectivity index (χ4n) is 4.04. The van der Waals surface area contributed by atoms with Crippen LogP contribution in [0, 0.1) is 11.3 Å². The van der Waals surface area contributed by atoms with Gasteiger partial charge in [0.1, 0.15) is 17.6 Å². The van der Waals surface area contributed by atoms with Gasteiger partial charge in [0.15, 0.2) is 0 Å². The highest BCUT2D eigenvalue weighted by atomic mass is 32.1. The van der Waals surface area contributed by atoms with Crippen molar-refractivity contribution in [1.82, 2.24) is 15.6 Å². The molecule has 3 atom stereocenters. The quantitative estimate of drug-likeness (QED) is 0.513. The third-order valence-corrected chi connectivity index (χ3v) is 6.50. The first kappa shape index (κ1) is 19.6. The summed E-state index contributed by atoms with van der Waals surface area (Å²) < 4.78 is 5.48.